The minimum absolute atomic E-state index is 0.251. The lowest BCUT2D eigenvalue weighted by atomic mass is 10.0. The molecule has 0 radical (unpaired) electrons. The highest BCUT2D eigenvalue weighted by atomic mass is 16.2. The summed E-state index contributed by atoms with van der Waals surface area (Å²) in [6, 6.07) is 12.3. The van der Waals surface area contributed by atoms with Crippen LogP contribution in [0.15, 0.2) is 42.7 Å². The van der Waals surface area contributed by atoms with Gasteiger partial charge >= 0.3 is 0 Å². The first-order valence-electron chi connectivity index (χ1n) is 9.99. The summed E-state index contributed by atoms with van der Waals surface area (Å²) < 4.78 is 0. The Hall–Kier alpha value is -2.47. The fraction of sp³-hybridized carbons (Fsp3) is 0.500. The van der Waals surface area contributed by atoms with Crippen LogP contribution in [0.1, 0.15) is 17.7 Å². The van der Waals surface area contributed by atoms with Gasteiger partial charge in [0.25, 0.3) is 0 Å². The first-order chi connectivity index (χ1) is 13.5. The molecule has 6 nitrogen and oxygen atoms in total. The molecule has 28 heavy (non-hydrogen) atoms. The zero-order valence-electron chi connectivity index (χ0n) is 17.2. The van der Waals surface area contributed by atoms with Crippen LogP contribution in [-0.2, 0) is 17.6 Å². The molecule has 1 aliphatic rings. The highest BCUT2D eigenvalue weighted by Crippen LogP contribution is 2.17. The third-order valence-electron chi connectivity index (χ3n) is 5.29. The van der Waals surface area contributed by atoms with E-state index >= 15 is 0 Å². The lowest BCUT2D eigenvalue weighted by molar-refractivity contribution is -0.131. The number of carbonyl (C=O) groups is 1. The largest absolute Gasteiger partial charge is 0.363 e. The van der Waals surface area contributed by atoms with Gasteiger partial charge in [-0.25, -0.2) is 9.97 Å². The molecule has 3 rings (SSSR count). The van der Waals surface area contributed by atoms with Crippen molar-refractivity contribution in [2.75, 3.05) is 52.2 Å². The van der Waals surface area contributed by atoms with E-state index in [-0.39, 0.29) is 5.91 Å². The Labute approximate surface area is 168 Å². The van der Waals surface area contributed by atoms with Gasteiger partial charge in [-0.3, -0.25) is 4.79 Å². The lowest BCUT2D eigenvalue weighted by Gasteiger charge is -2.24. The van der Waals surface area contributed by atoms with Gasteiger partial charge in [0.1, 0.15) is 12.1 Å². The van der Waals surface area contributed by atoms with Gasteiger partial charge in [0.05, 0.1) is 0 Å². The number of hydrogen-bond acceptors (Lipinski definition) is 5. The summed E-state index contributed by atoms with van der Waals surface area (Å²) in [6.45, 7) is 3.48. The molecule has 0 bridgehead atoms. The van der Waals surface area contributed by atoms with Crippen molar-refractivity contribution in [1.29, 1.82) is 0 Å². The van der Waals surface area contributed by atoms with Gasteiger partial charge in [-0.05, 0) is 31.4 Å². The number of carbonyl (C=O) groups excluding carboxylic acids is 1. The number of hydrogen-bond donors (Lipinski definition) is 0. The maximum absolute atomic E-state index is 12.8. The molecule has 1 aliphatic heterocycles. The molecule has 150 valence electrons. The summed E-state index contributed by atoms with van der Waals surface area (Å²) in [5.41, 5.74) is 2.26. The first-order valence-corrected chi connectivity index (χ1v) is 9.99. The van der Waals surface area contributed by atoms with E-state index in [0.717, 1.165) is 50.5 Å². The average molecular weight is 382 g/mol. The molecule has 0 saturated carbocycles. The number of likely N-dealkylation sites (N-methyl/N-ethyl adjacent to an activating group) is 1. The Bertz CT molecular complexity index is 765. The summed E-state index contributed by atoms with van der Waals surface area (Å²) in [7, 11) is 6.10. The molecular weight excluding hydrogens is 350 g/mol. The fourth-order valence-electron chi connectivity index (χ4n) is 3.73. The number of benzene rings is 1. The standard InChI is InChI=1S/C22H31N5O/c1-25(2)21-14-20(23-17-24-21)13-19-15-26(3)11-12-27(16-19)22(28)10-9-18-7-5-4-6-8-18/h4-8,14,17,19H,9-13,15-16H2,1-3H3/t19-/m0/s1. The minimum Gasteiger partial charge on any atom is -0.363 e. The van der Waals surface area contributed by atoms with E-state index in [0.29, 0.717) is 12.3 Å². The Morgan fingerprint density at radius 3 is 2.68 bits per heavy atom. The number of anilines is 1. The predicted molar refractivity (Wildman–Crippen MR) is 112 cm³/mol. The quantitative estimate of drug-likeness (QED) is 0.767. The number of aromatic nitrogens is 2. The molecule has 1 aromatic carbocycles. The molecule has 6 heteroatoms. The van der Waals surface area contributed by atoms with Crippen molar-refractivity contribution in [3.05, 3.63) is 54.0 Å². The van der Waals surface area contributed by atoms with Crippen LogP contribution in [-0.4, -0.2) is 73.0 Å². The lowest BCUT2D eigenvalue weighted by Crippen LogP contribution is -2.36. The molecule has 0 aliphatic carbocycles. The van der Waals surface area contributed by atoms with Crippen LogP contribution >= 0.6 is 0 Å². The summed E-state index contributed by atoms with van der Waals surface area (Å²) in [5.74, 6) is 1.54. The molecule has 2 aromatic rings. The Kier molecular flexibility index (Phi) is 6.98. The molecule has 0 unspecified atom stereocenters. The van der Waals surface area contributed by atoms with Gasteiger partial charge in [0.2, 0.25) is 5.91 Å². The molecule has 1 atom stereocenters. The van der Waals surface area contributed by atoms with E-state index in [4.69, 9.17) is 0 Å². The smallest absolute Gasteiger partial charge is 0.222 e. The molecule has 1 fully saturated rings. The highest BCUT2D eigenvalue weighted by molar-refractivity contribution is 5.76. The van der Waals surface area contributed by atoms with E-state index in [9.17, 15) is 4.79 Å². The van der Waals surface area contributed by atoms with Crippen LogP contribution in [0.5, 0.6) is 0 Å². The summed E-state index contributed by atoms with van der Waals surface area (Å²) in [4.78, 5) is 28.0. The molecule has 2 heterocycles. The van der Waals surface area contributed by atoms with E-state index in [1.807, 2.05) is 48.2 Å². The van der Waals surface area contributed by atoms with Crippen molar-refractivity contribution in [2.24, 2.45) is 5.92 Å². The molecule has 1 amide bonds. The van der Waals surface area contributed by atoms with E-state index in [1.165, 1.54) is 5.56 Å². The molecular formula is C22H31N5O. The predicted octanol–water partition coefficient (Wildman–Crippen LogP) is 2.11. The van der Waals surface area contributed by atoms with Crippen LogP contribution in [0.2, 0.25) is 0 Å². The molecule has 0 spiro atoms. The second-order valence-corrected chi connectivity index (χ2v) is 7.92. The summed E-state index contributed by atoms with van der Waals surface area (Å²) in [6.07, 6.45) is 3.86. The Morgan fingerprint density at radius 2 is 1.93 bits per heavy atom. The van der Waals surface area contributed by atoms with E-state index in [2.05, 4.69) is 34.0 Å². The third kappa shape index (κ3) is 5.76. The number of amides is 1. The third-order valence-corrected chi connectivity index (χ3v) is 5.29. The monoisotopic (exact) mass is 381 g/mol. The zero-order chi connectivity index (χ0) is 19.9. The van der Waals surface area contributed by atoms with E-state index < -0.39 is 0 Å². The van der Waals surface area contributed by atoms with Crippen molar-refractivity contribution in [1.82, 2.24) is 19.8 Å². The normalized spacial score (nSPS) is 18.0. The number of rotatable bonds is 6. The SMILES string of the molecule is CN1CCN(C(=O)CCc2ccccc2)C[C@@H](Cc2cc(N(C)C)ncn2)C1. The zero-order valence-corrected chi connectivity index (χ0v) is 17.2. The van der Waals surface area contributed by atoms with Crippen molar-refractivity contribution in [3.8, 4) is 0 Å². The molecule has 0 N–H and O–H groups in total. The van der Waals surface area contributed by atoms with E-state index in [1.54, 1.807) is 6.33 Å². The van der Waals surface area contributed by atoms with Crippen molar-refractivity contribution in [3.63, 3.8) is 0 Å². The minimum atomic E-state index is 0.251. The van der Waals surface area contributed by atoms with Gasteiger partial charge < -0.3 is 14.7 Å². The van der Waals surface area contributed by atoms with Gasteiger partial charge in [-0.15, -0.1) is 0 Å². The summed E-state index contributed by atoms with van der Waals surface area (Å²) >= 11 is 0. The van der Waals surface area contributed by atoms with Gasteiger partial charge in [-0.1, -0.05) is 30.3 Å². The van der Waals surface area contributed by atoms with Crippen LogP contribution in [0.4, 0.5) is 5.82 Å². The second-order valence-electron chi connectivity index (χ2n) is 7.92. The number of aryl methyl sites for hydroxylation is 1. The summed E-state index contributed by atoms with van der Waals surface area (Å²) in [5, 5.41) is 0. The maximum Gasteiger partial charge on any atom is 0.222 e. The average Bonchev–Trinajstić information content (AvgIpc) is 2.88. The number of nitrogens with zero attached hydrogens (tertiary/aromatic N) is 5. The van der Waals surface area contributed by atoms with Gasteiger partial charge in [-0.2, -0.15) is 0 Å². The van der Waals surface area contributed by atoms with Gasteiger partial charge in [0.15, 0.2) is 0 Å². The van der Waals surface area contributed by atoms with Crippen LogP contribution in [0, 0.1) is 5.92 Å². The van der Waals surface area contributed by atoms with Crippen molar-refractivity contribution < 1.29 is 4.79 Å². The van der Waals surface area contributed by atoms with Crippen LogP contribution < -0.4 is 4.90 Å². The Morgan fingerprint density at radius 1 is 1.14 bits per heavy atom. The van der Waals surface area contributed by atoms with Gasteiger partial charge in [0, 0.05) is 58.5 Å². The Balaban J connectivity index is 1.62. The van der Waals surface area contributed by atoms with Crippen molar-refractivity contribution >= 4 is 11.7 Å². The topological polar surface area (TPSA) is 52.6 Å². The molecule has 1 aromatic heterocycles. The highest BCUT2D eigenvalue weighted by Gasteiger charge is 2.24. The van der Waals surface area contributed by atoms with Crippen LogP contribution in [0.3, 0.4) is 0 Å². The first kappa shape index (κ1) is 20.3. The molecule has 1 saturated heterocycles. The van der Waals surface area contributed by atoms with Crippen molar-refractivity contribution in [2.45, 2.75) is 19.3 Å². The second kappa shape index (κ2) is 9.64. The fourth-order valence-corrected chi connectivity index (χ4v) is 3.73. The maximum atomic E-state index is 12.8. The van der Waals surface area contributed by atoms with Crippen LogP contribution in [0.25, 0.3) is 0 Å².